The van der Waals surface area contributed by atoms with E-state index in [1.54, 1.807) is 0 Å². The molecule has 0 bridgehead atoms. The number of piperidine rings is 1. The molecule has 0 aromatic heterocycles. The standard InChI is InChI=1S/C28H34N4O4S/c33-24(20-36-25-4-2-1-3-5-25)19-29-22-10-12-31(13-11-22)23-8-6-21(7-9-23)18-26-27(34)30-28(37-26)32-14-16-35-17-15-32/h1-9,18,22,24,29,33H,10-17,19-20H2/b26-18-. The van der Waals surface area contributed by atoms with E-state index in [0.29, 0.717) is 30.7 Å². The van der Waals surface area contributed by atoms with Crippen molar-refractivity contribution in [3.63, 3.8) is 0 Å². The number of aliphatic hydroxyl groups is 1. The van der Waals surface area contributed by atoms with Crippen molar-refractivity contribution in [3.8, 4) is 5.75 Å². The summed E-state index contributed by atoms with van der Waals surface area (Å²) in [6.07, 6.45) is 3.42. The van der Waals surface area contributed by atoms with Crippen molar-refractivity contribution in [2.45, 2.75) is 25.0 Å². The van der Waals surface area contributed by atoms with E-state index < -0.39 is 6.10 Å². The minimum absolute atomic E-state index is 0.165. The van der Waals surface area contributed by atoms with Gasteiger partial charge in [-0.3, -0.25) is 4.79 Å². The van der Waals surface area contributed by atoms with E-state index in [0.717, 1.165) is 55.5 Å². The molecular weight excluding hydrogens is 488 g/mol. The summed E-state index contributed by atoms with van der Waals surface area (Å²) >= 11 is 1.45. The number of carbonyl (C=O) groups excluding carboxylic acids is 1. The molecule has 0 aliphatic carbocycles. The average molecular weight is 523 g/mol. The third kappa shape index (κ3) is 7.13. The van der Waals surface area contributed by atoms with Crippen LogP contribution in [0.4, 0.5) is 5.69 Å². The number of amides is 1. The summed E-state index contributed by atoms with van der Waals surface area (Å²) in [6.45, 7) is 5.62. The molecule has 2 saturated heterocycles. The van der Waals surface area contributed by atoms with Gasteiger partial charge in [-0.05, 0) is 60.5 Å². The van der Waals surface area contributed by atoms with Crippen molar-refractivity contribution in [1.29, 1.82) is 0 Å². The Hall–Kier alpha value is -2.85. The smallest absolute Gasteiger partial charge is 0.286 e. The second-order valence-corrected chi connectivity index (χ2v) is 10.5. The Bertz CT molecular complexity index is 1090. The molecule has 37 heavy (non-hydrogen) atoms. The number of aliphatic hydroxyl groups excluding tert-OH is 1. The maximum atomic E-state index is 12.4. The average Bonchev–Trinajstić information content (AvgIpc) is 3.32. The predicted molar refractivity (Wildman–Crippen MR) is 148 cm³/mol. The number of ether oxygens (including phenoxy) is 2. The third-order valence-electron chi connectivity index (χ3n) is 6.77. The number of hydrogen-bond acceptors (Lipinski definition) is 8. The molecule has 1 amide bonds. The fourth-order valence-electron chi connectivity index (χ4n) is 4.63. The van der Waals surface area contributed by atoms with Crippen molar-refractivity contribution in [2.24, 2.45) is 4.99 Å². The number of nitrogens with zero attached hydrogens (tertiary/aromatic N) is 3. The van der Waals surface area contributed by atoms with E-state index in [2.05, 4.69) is 44.4 Å². The van der Waals surface area contributed by atoms with E-state index >= 15 is 0 Å². The van der Waals surface area contributed by atoms with E-state index in [-0.39, 0.29) is 12.5 Å². The number of nitrogens with one attached hydrogen (secondary N) is 1. The molecule has 0 radical (unpaired) electrons. The molecule has 2 fully saturated rings. The Morgan fingerprint density at radius 2 is 1.78 bits per heavy atom. The lowest BCUT2D eigenvalue weighted by Crippen LogP contribution is -2.45. The molecule has 9 heteroatoms. The second-order valence-electron chi connectivity index (χ2n) is 9.45. The van der Waals surface area contributed by atoms with Crippen LogP contribution in [0, 0.1) is 0 Å². The van der Waals surface area contributed by atoms with Crippen LogP contribution in [0.2, 0.25) is 0 Å². The Balaban J connectivity index is 1.05. The van der Waals surface area contributed by atoms with Crippen LogP contribution in [0.3, 0.4) is 0 Å². The Kier molecular flexibility index (Phi) is 8.78. The van der Waals surface area contributed by atoms with Gasteiger partial charge in [0.1, 0.15) is 18.5 Å². The van der Waals surface area contributed by atoms with Crippen LogP contribution in [0.25, 0.3) is 6.08 Å². The van der Waals surface area contributed by atoms with Crippen LogP contribution < -0.4 is 15.0 Å². The molecule has 3 heterocycles. The summed E-state index contributed by atoms with van der Waals surface area (Å²) in [7, 11) is 0. The van der Waals surface area contributed by atoms with Gasteiger partial charge in [-0.2, -0.15) is 4.99 Å². The van der Waals surface area contributed by atoms with E-state index in [1.807, 2.05) is 36.4 Å². The molecular formula is C28H34N4O4S. The van der Waals surface area contributed by atoms with Gasteiger partial charge in [0, 0.05) is 44.5 Å². The summed E-state index contributed by atoms with van der Waals surface area (Å²) in [5.41, 5.74) is 2.19. The lowest BCUT2D eigenvalue weighted by molar-refractivity contribution is -0.113. The first-order valence-corrected chi connectivity index (χ1v) is 13.8. The first-order valence-electron chi connectivity index (χ1n) is 12.9. The number of thioether (sulfide) groups is 1. The summed E-state index contributed by atoms with van der Waals surface area (Å²) < 4.78 is 11.0. The number of rotatable bonds is 8. The maximum Gasteiger partial charge on any atom is 0.286 e. The minimum atomic E-state index is -0.542. The predicted octanol–water partition coefficient (Wildman–Crippen LogP) is 2.99. The highest BCUT2D eigenvalue weighted by Gasteiger charge is 2.27. The zero-order valence-electron chi connectivity index (χ0n) is 20.9. The number of amidine groups is 1. The molecule has 0 saturated carbocycles. The third-order valence-corrected chi connectivity index (χ3v) is 7.81. The molecule has 0 spiro atoms. The van der Waals surface area contributed by atoms with Gasteiger partial charge in [0.15, 0.2) is 5.17 Å². The first-order chi connectivity index (χ1) is 18.1. The van der Waals surface area contributed by atoms with Crippen LogP contribution >= 0.6 is 11.8 Å². The number of benzene rings is 2. The zero-order valence-corrected chi connectivity index (χ0v) is 21.7. The SMILES string of the molecule is O=C1N=C(N2CCOCC2)S/C1=C\c1ccc(N2CCC(NCC(O)COc3ccccc3)CC2)cc1. The van der Waals surface area contributed by atoms with Gasteiger partial charge in [0.25, 0.3) is 5.91 Å². The van der Waals surface area contributed by atoms with Crippen molar-refractivity contribution >= 4 is 34.6 Å². The van der Waals surface area contributed by atoms with Crippen molar-refractivity contribution < 1.29 is 19.4 Å². The van der Waals surface area contributed by atoms with Crippen LogP contribution in [-0.4, -0.2) is 85.8 Å². The largest absolute Gasteiger partial charge is 0.491 e. The molecule has 1 atom stereocenters. The summed E-state index contributed by atoms with van der Waals surface area (Å²) in [5.74, 6) is 0.610. The normalized spacial score (nSPS) is 20.8. The van der Waals surface area contributed by atoms with Gasteiger partial charge in [-0.15, -0.1) is 0 Å². The Morgan fingerprint density at radius 3 is 2.51 bits per heavy atom. The van der Waals surface area contributed by atoms with E-state index in [9.17, 15) is 9.90 Å². The van der Waals surface area contributed by atoms with Crippen LogP contribution in [0.5, 0.6) is 5.75 Å². The molecule has 2 aromatic carbocycles. The van der Waals surface area contributed by atoms with Crippen LogP contribution in [0.1, 0.15) is 18.4 Å². The summed E-state index contributed by atoms with van der Waals surface area (Å²) in [4.78, 5) is 21.8. The number of aliphatic imine (C=N–C) groups is 1. The second kappa shape index (κ2) is 12.6. The van der Waals surface area contributed by atoms with E-state index in [4.69, 9.17) is 9.47 Å². The van der Waals surface area contributed by atoms with Crippen LogP contribution in [-0.2, 0) is 9.53 Å². The topological polar surface area (TPSA) is 86.6 Å². The van der Waals surface area contributed by atoms with Gasteiger partial charge < -0.3 is 29.7 Å². The number of morpholine rings is 1. The highest BCUT2D eigenvalue weighted by atomic mass is 32.2. The van der Waals surface area contributed by atoms with Gasteiger partial charge in [-0.1, -0.05) is 30.3 Å². The molecule has 3 aliphatic heterocycles. The fourth-order valence-corrected chi connectivity index (χ4v) is 5.60. The molecule has 2 N–H and O–H groups in total. The number of carbonyl (C=O) groups is 1. The molecule has 1 unspecified atom stereocenters. The highest BCUT2D eigenvalue weighted by molar-refractivity contribution is 8.18. The monoisotopic (exact) mass is 522 g/mol. The Morgan fingerprint density at radius 1 is 1.05 bits per heavy atom. The fraction of sp³-hybridized carbons (Fsp3) is 0.429. The molecule has 3 aliphatic rings. The van der Waals surface area contributed by atoms with E-state index in [1.165, 1.54) is 17.4 Å². The van der Waals surface area contributed by atoms with Crippen molar-refractivity contribution in [1.82, 2.24) is 10.2 Å². The van der Waals surface area contributed by atoms with Gasteiger partial charge >= 0.3 is 0 Å². The summed E-state index contributed by atoms with van der Waals surface area (Å²) in [6, 6.07) is 18.3. The molecule has 8 nitrogen and oxygen atoms in total. The maximum absolute atomic E-state index is 12.4. The Labute approximate surface area is 222 Å². The molecule has 5 rings (SSSR count). The highest BCUT2D eigenvalue weighted by Crippen LogP contribution is 2.31. The number of para-hydroxylation sites is 1. The first kappa shape index (κ1) is 25.8. The lowest BCUT2D eigenvalue weighted by Gasteiger charge is -2.34. The zero-order chi connectivity index (χ0) is 25.5. The number of hydrogen-bond donors (Lipinski definition) is 2. The van der Waals surface area contributed by atoms with Crippen molar-refractivity contribution in [3.05, 3.63) is 65.1 Å². The van der Waals surface area contributed by atoms with Gasteiger partial charge in [-0.25, -0.2) is 0 Å². The van der Waals surface area contributed by atoms with Gasteiger partial charge in [0.2, 0.25) is 0 Å². The summed E-state index contributed by atoms with van der Waals surface area (Å²) in [5, 5.41) is 14.5. The molecule has 196 valence electrons. The lowest BCUT2D eigenvalue weighted by atomic mass is 10.0. The quantitative estimate of drug-likeness (QED) is 0.512. The van der Waals surface area contributed by atoms with Crippen molar-refractivity contribution in [2.75, 3.05) is 57.4 Å². The van der Waals surface area contributed by atoms with Crippen LogP contribution in [0.15, 0.2) is 64.5 Å². The number of anilines is 1. The van der Waals surface area contributed by atoms with Gasteiger partial charge in [0.05, 0.1) is 18.1 Å². The molecule has 2 aromatic rings. The minimum Gasteiger partial charge on any atom is -0.491 e.